The van der Waals surface area contributed by atoms with Crippen LogP contribution in [0.5, 0.6) is 0 Å². The number of aromatic nitrogens is 1. The first kappa shape index (κ1) is 22.7. The Labute approximate surface area is 189 Å². The van der Waals surface area contributed by atoms with Gasteiger partial charge < -0.3 is 19.1 Å². The molecule has 2 aliphatic heterocycles. The fourth-order valence-corrected chi connectivity index (χ4v) is 4.68. The second-order valence-electron chi connectivity index (χ2n) is 8.76. The van der Waals surface area contributed by atoms with Gasteiger partial charge in [0.2, 0.25) is 5.91 Å². The first-order valence-corrected chi connectivity index (χ1v) is 11.6. The summed E-state index contributed by atoms with van der Waals surface area (Å²) in [6.45, 7) is 6.29. The molecule has 2 aromatic rings. The molecule has 1 unspecified atom stereocenters. The standard InChI is InChI=1S/C25H32N2O5/c1-3-30-24(29)21(20-15-19-7-4-5-9-22(19)26-16-20)17-27-12-10-18(23(27)28)8-6-11-25(2)31-13-14-32-25/h4-5,7,9,15-16,18,21H,3,6,8,10-14,17H2,1-2H3/t18-,21?/m0/s1. The van der Waals surface area contributed by atoms with E-state index >= 15 is 0 Å². The lowest BCUT2D eigenvalue weighted by Gasteiger charge is -2.24. The lowest BCUT2D eigenvalue weighted by Crippen LogP contribution is -2.35. The van der Waals surface area contributed by atoms with Crippen molar-refractivity contribution in [3.8, 4) is 0 Å². The Kier molecular flexibility index (Phi) is 7.06. The Morgan fingerprint density at radius 3 is 2.88 bits per heavy atom. The number of rotatable bonds is 9. The number of carbonyl (C=O) groups is 2. The number of carbonyl (C=O) groups excluding carboxylic acids is 2. The van der Waals surface area contributed by atoms with E-state index < -0.39 is 11.7 Å². The summed E-state index contributed by atoms with van der Waals surface area (Å²) in [5.41, 5.74) is 1.65. The molecular formula is C25H32N2O5. The lowest BCUT2D eigenvalue weighted by atomic mass is 9.97. The molecule has 7 nitrogen and oxygen atoms in total. The normalized spacial score (nSPS) is 21.2. The number of fused-ring (bicyclic) bond motifs is 1. The van der Waals surface area contributed by atoms with Crippen molar-refractivity contribution in [1.29, 1.82) is 0 Å². The van der Waals surface area contributed by atoms with Gasteiger partial charge in [-0.05, 0) is 50.8 Å². The Morgan fingerprint density at radius 1 is 1.31 bits per heavy atom. The van der Waals surface area contributed by atoms with Gasteiger partial charge in [0.15, 0.2) is 5.79 Å². The summed E-state index contributed by atoms with van der Waals surface area (Å²) in [7, 11) is 0. The van der Waals surface area contributed by atoms with Gasteiger partial charge >= 0.3 is 5.97 Å². The predicted molar refractivity (Wildman–Crippen MR) is 120 cm³/mol. The third kappa shape index (κ3) is 5.10. The monoisotopic (exact) mass is 440 g/mol. The summed E-state index contributed by atoms with van der Waals surface area (Å²) in [6.07, 6.45) is 4.99. The summed E-state index contributed by atoms with van der Waals surface area (Å²) in [6, 6.07) is 9.78. The van der Waals surface area contributed by atoms with E-state index in [9.17, 15) is 9.59 Å². The largest absolute Gasteiger partial charge is 0.465 e. The van der Waals surface area contributed by atoms with E-state index in [1.54, 1.807) is 13.1 Å². The molecule has 4 rings (SSSR count). The van der Waals surface area contributed by atoms with Crippen LogP contribution in [0.2, 0.25) is 0 Å². The van der Waals surface area contributed by atoms with E-state index in [1.165, 1.54) is 0 Å². The van der Waals surface area contributed by atoms with Crippen LogP contribution < -0.4 is 0 Å². The van der Waals surface area contributed by atoms with Crippen molar-refractivity contribution in [3.63, 3.8) is 0 Å². The van der Waals surface area contributed by atoms with Crippen LogP contribution in [0.3, 0.4) is 0 Å². The van der Waals surface area contributed by atoms with Crippen molar-refractivity contribution >= 4 is 22.8 Å². The van der Waals surface area contributed by atoms with Crippen molar-refractivity contribution in [2.45, 2.75) is 51.2 Å². The highest BCUT2D eigenvalue weighted by atomic mass is 16.7. The Balaban J connectivity index is 1.41. The van der Waals surface area contributed by atoms with Gasteiger partial charge in [0.05, 0.1) is 25.3 Å². The van der Waals surface area contributed by atoms with E-state index in [-0.39, 0.29) is 17.8 Å². The first-order valence-electron chi connectivity index (χ1n) is 11.6. The van der Waals surface area contributed by atoms with Crippen LogP contribution in [0.4, 0.5) is 0 Å². The first-order chi connectivity index (χ1) is 15.5. The molecule has 1 amide bonds. The highest BCUT2D eigenvalue weighted by Gasteiger charge is 2.36. The molecular weight excluding hydrogens is 408 g/mol. The van der Waals surface area contributed by atoms with Gasteiger partial charge in [-0.3, -0.25) is 14.6 Å². The number of pyridine rings is 1. The molecule has 0 saturated carbocycles. The minimum absolute atomic E-state index is 0.0161. The Bertz CT molecular complexity index is 956. The quantitative estimate of drug-likeness (QED) is 0.554. The molecule has 0 bridgehead atoms. The van der Waals surface area contributed by atoms with E-state index in [1.807, 2.05) is 42.2 Å². The Hall–Kier alpha value is -2.51. The second kappa shape index (κ2) is 9.96. The number of amides is 1. The highest BCUT2D eigenvalue weighted by Crippen LogP contribution is 2.31. The average molecular weight is 441 g/mol. The molecule has 3 heterocycles. The minimum atomic E-state index is -0.547. The number of likely N-dealkylation sites (tertiary alicyclic amines) is 1. The van der Waals surface area contributed by atoms with Gasteiger partial charge in [-0.25, -0.2) is 0 Å². The number of hydrogen-bond donors (Lipinski definition) is 0. The zero-order valence-corrected chi connectivity index (χ0v) is 18.9. The summed E-state index contributed by atoms with van der Waals surface area (Å²) >= 11 is 0. The minimum Gasteiger partial charge on any atom is -0.465 e. The summed E-state index contributed by atoms with van der Waals surface area (Å²) in [4.78, 5) is 32.2. The van der Waals surface area contributed by atoms with Gasteiger partial charge in [0, 0.05) is 37.0 Å². The van der Waals surface area contributed by atoms with Gasteiger partial charge in [-0.15, -0.1) is 0 Å². The molecule has 0 radical (unpaired) electrons. The predicted octanol–water partition coefficient (Wildman–Crippen LogP) is 3.66. The summed E-state index contributed by atoms with van der Waals surface area (Å²) in [5.74, 6) is -1.28. The van der Waals surface area contributed by atoms with E-state index in [0.29, 0.717) is 32.9 Å². The average Bonchev–Trinajstić information content (AvgIpc) is 3.38. The maximum absolute atomic E-state index is 13.1. The third-order valence-electron chi connectivity index (χ3n) is 6.48. The SMILES string of the molecule is CCOC(=O)C(CN1CC[C@H](CCCC2(C)OCCO2)C1=O)c1cnc2ccccc2c1. The molecule has 7 heteroatoms. The number of hydrogen-bond acceptors (Lipinski definition) is 6. The van der Waals surface area contributed by atoms with Crippen molar-refractivity contribution in [1.82, 2.24) is 9.88 Å². The molecule has 2 aliphatic rings. The summed E-state index contributed by atoms with van der Waals surface area (Å²) < 4.78 is 16.7. The smallest absolute Gasteiger partial charge is 0.315 e. The number of para-hydroxylation sites is 1. The molecule has 0 N–H and O–H groups in total. The third-order valence-corrected chi connectivity index (χ3v) is 6.48. The van der Waals surface area contributed by atoms with E-state index in [4.69, 9.17) is 14.2 Å². The van der Waals surface area contributed by atoms with Gasteiger partial charge in [-0.2, -0.15) is 0 Å². The van der Waals surface area contributed by atoms with Crippen LogP contribution >= 0.6 is 0 Å². The maximum atomic E-state index is 13.1. The number of esters is 1. The molecule has 0 aliphatic carbocycles. The van der Waals surface area contributed by atoms with Crippen LogP contribution in [0.1, 0.15) is 51.0 Å². The topological polar surface area (TPSA) is 78.0 Å². The van der Waals surface area contributed by atoms with Crippen molar-refractivity contribution < 1.29 is 23.8 Å². The molecule has 172 valence electrons. The van der Waals surface area contributed by atoms with Crippen molar-refractivity contribution in [3.05, 3.63) is 42.1 Å². The molecule has 2 saturated heterocycles. The lowest BCUT2D eigenvalue weighted by molar-refractivity contribution is -0.149. The Morgan fingerprint density at radius 2 is 2.09 bits per heavy atom. The van der Waals surface area contributed by atoms with Crippen LogP contribution in [0.15, 0.2) is 36.5 Å². The molecule has 1 aromatic heterocycles. The molecule has 2 atom stereocenters. The maximum Gasteiger partial charge on any atom is 0.315 e. The van der Waals surface area contributed by atoms with Gasteiger partial charge in [-0.1, -0.05) is 18.2 Å². The zero-order chi connectivity index (χ0) is 22.6. The van der Waals surface area contributed by atoms with E-state index in [2.05, 4.69) is 4.98 Å². The highest BCUT2D eigenvalue weighted by molar-refractivity contribution is 5.85. The van der Waals surface area contributed by atoms with Crippen molar-refractivity contribution in [2.75, 3.05) is 32.9 Å². The molecule has 1 aromatic carbocycles. The van der Waals surface area contributed by atoms with Crippen molar-refractivity contribution in [2.24, 2.45) is 5.92 Å². The van der Waals surface area contributed by atoms with Crippen LogP contribution in [-0.2, 0) is 23.8 Å². The second-order valence-corrected chi connectivity index (χ2v) is 8.76. The van der Waals surface area contributed by atoms with Crippen LogP contribution in [0, 0.1) is 5.92 Å². The fraction of sp³-hybridized carbons (Fsp3) is 0.560. The van der Waals surface area contributed by atoms with Crippen LogP contribution in [-0.4, -0.2) is 60.5 Å². The number of ether oxygens (including phenoxy) is 3. The number of benzene rings is 1. The summed E-state index contributed by atoms with van der Waals surface area (Å²) in [5, 5.41) is 0.967. The fourth-order valence-electron chi connectivity index (χ4n) is 4.68. The zero-order valence-electron chi connectivity index (χ0n) is 18.9. The molecule has 32 heavy (non-hydrogen) atoms. The van der Waals surface area contributed by atoms with E-state index in [0.717, 1.165) is 42.1 Å². The van der Waals surface area contributed by atoms with Gasteiger partial charge in [0.1, 0.15) is 5.92 Å². The molecule has 0 spiro atoms. The van der Waals surface area contributed by atoms with Gasteiger partial charge in [0.25, 0.3) is 0 Å². The number of nitrogens with zero attached hydrogens (tertiary/aromatic N) is 2. The van der Waals surface area contributed by atoms with Crippen LogP contribution in [0.25, 0.3) is 10.9 Å². The molecule has 2 fully saturated rings.